The van der Waals surface area contributed by atoms with Gasteiger partial charge in [-0.3, -0.25) is 4.98 Å². The maximum atomic E-state index is 5.39. The van der Waals surface area contributed by atoms with E-state index in [0.717, 1.165) is 31.9 Å². The summed E-state index contributed by atoms with van der Waals surface area (Å²) in [6, 6.07) is 6.26. The van der Waals surface area contributed by atoms with Crippen molar-refractivity contribution in [3.8, 4) is 0 Å². The quantitative estimate of drug-likeness (QED) is 0.697. The molecule has 3 heteroatoms. The van der Waals surface area contributed by atoms with Crippen molar-refractivity contribution in [2.24, 2.45) is 0 Å². The molecule has 0 saturated carbocycles. The predicted molar refractivity (Wildman–Crippen MR) is 61.8 cm³/mol. The summed E-state index contributed by atoms with van der Waals surface area (Å²) in [5.74, 6) is 0. The molecule has 3 nitrogen and oxygen atoms in total. The number of aromatic nitrogens is 1. The first-order valence-electron chi connectivity index (χ1n) is 5.56. The van der Waals surface area contributed by atoms with E-state index in [0.29, 0.717) is 0 Å². The largest absolute Gasteiger partial charge is 0.380 e. The molecule has 0 radical (unpaired) electrons. The Morgan fingerprint density at radius 3 is 2.93 bits per heavy atom. The number of nitrogens with one attached hydrogen (secondary N) is 1. The van der Waals surface area contributed by atoms with E-state index in [2.05, 4.69) is 24.1 Å². The Bertz CT molecular complexity index is 251. The minimum absolute atomic E-state index is 0.288. The van der Waals surface area contributed by atoms with Crippen molar-refractivity contribution >= 4 is 0 Å². The number of nitrogens with zero attached hydrogens (tertiary/aromatic N) is 1. The molecule has 0 fully saturated rings. The van der Waals surface area contributed by atoms with Crippen LogP contribution in [-0.4, -0.2) is 24.7 Å². The topological polar surface area (TPSA) is 34.1 Å². The molecule has 0 amide bonds. The van der Waals surface area contributed by atoms with Crippen LogP contribution in [-0.2, 0) is 4.74 Å². The van der Waals surface area contributed by atoms with Gasteiger partial charge in [-0.15, -0.1) is 0 Å². The van der Waals surface area contributed by atoms with E-state index < -0.39 is 0 Å². The summed E-state index contributed by atoms with van der Waals surface area (Å²) in [4.78, 5) is 4.29. The monoisotopic (exact) mass is 208 g/mol. The Morgan fingerprint density at radius 1 is 1.40 bits per heavy atom. The Balaban J connectivity index is 2.16. The van der Waals surface area contributed by atoms with Crippen LogP contribution in [0.4, 0.5) is 0 Å². The molecule has 1 heterocycles. The minimum Gasteiger partial charge on any atom is -0.380 e. The average Bonchev–Trinajstić information content (AvgIpc) is 2.30. The molecule has 0 saturated heterocycles. The zero-order valence-corrected chi connectivity index (χ0v) is 9.57. The minimum atomic E-state index is 0.288. The predicted octanol–water partition coefficient (Wildman–Crippen LogP) is 2.16. The lowest BCUT2D eigenvalue weighted by Gasteiger charge is -2.12. The van der Waals surface area contributed by atoms with Crippen LogP contribution in [0.5, 0.6) is 0 Å². The van der Waals surface area contributed by atoms with Gasteiger partial charge < -0.3 is 10.1 Å². The van der Waals surface area contributed by atoms with Gasteiger partial charge in [0, 0.05) is 25.4 Å². The number of pyridine rings is 1. The van der Waals surface area contributed by atoms with E-state index in [9.17, 15) is 0 Å². The zero-order valence-electron chi connectivity index (χ0n) is 9.57. The molecule has 1 N–H and O–H groups in total. The van der Waals surface area contributed by atoms with Crippen molar-refractivity contribution in [3.05, 3.63) is 30.1 Å². The Kier molecular flexibility index (Phi) is 5.97. The lowest BCUT2D eigenvalue weighted by Crippen LogP contribution is -2.24. The lowest BCUT2D eigenvalue weighted by atomic mass is 10.2. The first kappa shape index (κ1) is 12.1. The van der Waals surface area contributed by atoms with E-state index in [-0.39, 0.29) is 6.04 Å². The van der Waals surface area contributed by atoms with E-state index in [1.165, 1.54) is 0 Å². The van der Waals surface area contributed by atoms with E-state index in [4.69, 9.17) is 4.74 Å². The molecule has 0 bridgehead atoms. The van der Waals surface area contributed by atoms with Crippen LogP contribution in [0.25, 0.3) is 0 Å². The molecule has 1 rings (SSSR count). The highest BCUT2D eigenvalue weighted by Crippen LogP contribution is 2.06. The summed E-state index contributed by atoms with van der Waals surface area (Å²) in [5.41, 5.74) is 1.08. The summed E-state index contributed by atoms with van der Waals surface area (Å²) < 4.78 is 5.39. The van der Waals surface area contributed by atoms with Gasteiger partial charge in [0.25, 0.3) is 0 Å². The SMILES string of the molecule is CCCOCCN[C@H](C)c1ccccn1. The fourth-order valence-electron chi connectivity index (χ4n) is 1.33. The molecule has 1 aromatic rings. The molecule has 0 aliphatic rings. The fourth-order valence-corrected chi connectivity index (χ4v) is 1.33. The highest BCUT2D eigenvalue weighted by atomic mass is 16.5. The van der Waals surface area contributed by atoms with E-state index in [1.54, 1.807) is 0 Å². The highest BCUT2D eigenvalue weighted by Gasteiger charge is 2.03. The molecular weight excluding hydrogens is 188 g/mol. The van der Waals surface area contributed by atoms with Gasteiger partial charge in [0.2, 0.25) is 0 Å². The van der Waals surface area contributed by atoms with Gasteiger partial charge >= 0.3 is 0 Å². The van der Waals surface area contributed by atoms with Crippen molar-refractivity contribution in [2.75, 3.05) is 19.8 Å². The molecule has 0 aliphatic heterocycles. The summed E-state index contributed by atoms with van der Waals surface area (Å²) in [6.07, 6.45) is 2.90. The first-order valence-corrected chi connectivity index (χ1v) is 5.56. The van der Waals surface area contributed by atoms with E-state index in [1.807, 2.05) is 24.4 Å². The second kappa shape index (κ2) is 7.37. The van der Waals surface area contributed by atoms with Crippen LogP contribution < -0.4 is 5.32 Å². The second-order valence-corrected chi connectivity index (χ2v) is 3.54. The van der Waals surface area contributed by atoms with Gasteiger partial charge in [-0.1, -0.05) is 13.0 Å². The van der Waals surface area contributed by atoms with Gasteiger partial charge in [0.15, 0.2) is 0 Å². The third-order valence-electron chi connectivity index (χ3n) is 2.18. The van der Waals surface area contributed by atoms with Crippen molar-refractivity contribution in [1.82, 2.24) is 10.3 Å². The number of rotatable bonds is 7. The van der Waals surface area contributed by atoms with Gasteiger partial charge in [0.1, 0.15) is 0 Å². The summed E-state index contributed by atoms with van der Waals surface area (Å²) >= 11 is 0. The third-order valence-corrected chi connectivity index (χ3v) is 2.18. The van der Waals surface area contributed by atoms with Crippen LogP contribution in [0.3, 0.4) is 0 Å². The van der Waals surface area contributed by atoms with Gasteiger partial charge in [-0.2, -0.15) is 0 Å². The molecule has 0 spiro atoms. The lowest BCUT2D eigenvalue weighted by molar-refractivity contribution is 0.134. The van der Waals surface area contributed by atoms with Crippen LogP contribution in [0, 0.1) is 0 Å². The number of hydrogen-bond donors (Lipinski definition) is 1. The van der Waals surface area contributed by atoms with Crippen LogP contribution in [0.1, 0.15) is 32.0 Å². The normalized spacial score (nSPS) is 12.7. The Labute approximate surface area is 91.9 Å². The third kappa shape index (κ3) is 4.91. The van der Waals surface area contributed by atoms with Crippen molar-refractivity contribution in [3.63, 3.8) is 0 Å². The van der Waals surface area contributed by atoms with Crippen LogP contribution in [0.15, 0.2) is 24.4 Å². The van der Waals surface area contributed by atoms with Crippen LogP contribution >= 0.6 is 0 Å². The highest BCUT2D eigenvalue weighted by molar-refractivity contribution is 5.07. The molecule has 0 aromatic carbocycles. The maximum Gasteiger partial charge on any atom is 0.0591 e. The second-order valence-electron chi connectivity index (χ2n) is 3.54. The van der Waals surface area contributed by atoms with E-state index >= 15 is 0 Å². The van der Waals surface area contributed by atoms with Crippen molar-refractivity contribution < 1.29 is 4.74 Å². The fraction of sp³-hybridized carbons (Fsp3) is 0.583. The molecule has 1 atom stereocenters. The molecule has 0 unspecified atom stereocenters. The van der Waals surface area contributed by atoms with Gasteiger partial charge in [0.05, 0.1) is 12.3 Å². The van der Waals surface area contributed by atoms with Crippen LogP contribution in [0.2, 0.25) is 0 Å². The number of hydrogen-bond acceptors (Lipinski definition) is 3. The summed E-state index contributed by atoms with van der Waals surface area (Å²) in [7, 11) is 0. The molecule has 1 aromatic heterocycles. The summed E-state index contributed by atoms with van der Waals surface area (Å²) in [6.45, 7) is 6.72. The Morgan fingerprint density at radius 2 is 2.27 bits per heavy atom. The number of ether oxygens (including phenoxy) is 1. The smallest absolute Gasteiger partial charge is 0.0591 e. The maximum absolute atomic E-state index is 5.39. The zero-order chi connectivity index (χ0) is 10.9. The average molecular weight is 208 g/mol. The van der Waals surface area contributed by atoms with Crippen molar-refractivity contribution in [1.29, 1.82) is 0 Å². The Hall–Kier alpha value is -0.930. The molecule has 15 heavy (non-hydrogen) atoms. The van der Waals surface area contributed by atoms with Gasteiger partial charge in [-0.25, -0.2) is 0 Å². The first-order chi connectivity index (χ1) is 7.34. The molecule has 0 aliphatic carbocycles. The molecule has 84 valence electrons. The standard InChI is InChI=1S/C12H20N2O/c1-3-9-15-10-8-13-11(2)12-6-4-5-7-14-12/h4-7,11,13H,3,8-10H2,1-2H3/t11-/m1/s1. The summed E-state index contributed by atoms with van der Waals surface area (Å²) in [5, 5.41) is 3.37. The van der Waals surface area contributed by atoms with Crippen molar-refractivity contribution in [2.45, 2.75) is 26.3 Å². The molecular formula is C12H20N2O. The van der Waals surface area contributed by atoms with Gasteiger partial charge in [-0.05, 0) is 25.5 Å².